The number of carbonyl (C=O) groups excluding carboxylic acids is 2. The van der Waals surface area contributed by atoms with E-state index in [9.17, 15) is 9.59 Å². The van der Waals surface area contributed by atoms with E-state index in [0.29, 0.717) is 34.8 Å². The highest BCUT2D eigenvalue weighted by molar-refractivity contribution is 5.98. The topological polar surface area (TPSA) is 80.6 Å². The van der Waals surface area contributed by atoms with Crippen LogP contribution in [0.15, 0.2) is 89.3 Å². The summed E-state index contributed by atoms with van der Waals surface area (Å²) in [5, 5.41) is 6.73. The van der Waals surface area contributed by atoms with E-state index in [1.165, 1.54) is 0 Å². The minimum Gasteiger partial charge on any atom is -0.490 e. The third-order valence-electron chi connectivity index (χ3n) is 5.32. The molecule has 0 saturated carbocycles. The Bertz CT molecular complexity index is 1230. The number of hydrogen-bond acceptors (Lipinski definition) is 4. The fraction of sp³-hybridized carbons (Fsp3) is 0.185. The Kier molecular flexibility index (Phi) is 6.74. The number of furan rings is 1. The summed E-state index contributed by atoms with van der Waals surface area (Å²) in [7, 11) is 0. The first kappa shape index (κ1) is 22.1. The first-order chi connectivity index (χ1) is 16.1. The fourth-order valence-corrected chi connectivity index (χ4v) is 3.66. The highest BCUT2D eigenvalue weighted by Crippen LogP contribution is 2.31. The lowest BCUT2D eigenvalue weighted by Gasteiger charge is -2.21. The van der Waals surface area contributed by atoms with Crippen molar-refractivity contribution in [2.75, 3.05) is 6.61 Å². The lowest BCUT2D eigenvalue weighted by molar-refractivity contribution is -0.123. The lowest BCUT2D eigenvalue weighted by Crippen LogP contribution is -2.41. The van der Waals surface area contributed by atoms with Gasteiger partial charge in [0.2, 0.25) is 5.91 Å². The molecule has 6 nitrogen and oxygen atoms in total. The van der Waals surface area contributed by atoms with E-state index >= 15 is 0 Å². The second-order valence-corrected chi connectivity index (χ2v) is 7.67. The third-order valence-corrected chi connectivity index (χ3v) is 5.32. The molecule has 0 radical (unpaired) electrons. The standard InChI is InChI=1S/C27H26N2O4/c1-3-32-22-16-10-15-21-17-23(33-25(21)22)18(2)28-27(31)24(19-11-6-4-7-12-19)29-26(30)20-13-8-5-9-14-20/h4-18,24H,3H2,1-2H3,(H,28,31)(H,29,30). The van der Waals surface area contributed by atoms with Crippen LogP contribution in [-0.2, 0) is 4.79 Å². The first-order valence-electron chi connectivity index (χ1n) is 10.9. The van der Waals surface area contributed by atoms with Gasteiger partial charge in [0.25, 0.3) is 5.91 Å². The Morgan fingerprint density at radius 3 is 2.30 bits per heavy atom. The molecule has 0 spiro atoms. The number of hydrogen-bond donors (Lipinski definition) is 2. The number of carbonyl (C=O) groups is 2. The summed E-state index contributed by atoms with van der Waals surface area (Å²) in [5.74, 6) is 0.615. The molecule has 6 heteroatoms. The number of ether oxygens (including phenoxy) is 1. The Morgan fingerprint density at radius 2 is 1.61 bits per heavy atom. The van der Waals surface area contributed by atoms with Gasteiger partial charge < -0.3 is 19.8 Å². The van der Waals surface area contributed by atoms with Crippen molar-refractivity contribution in [1.29, 1.82) is 0 Å². The van der Waals surface area contributed by atoms with Crippen LogP contribution in [0.5, 0.6) is 5.75 Å². The van der Waals surface area contributed by atoms with Gasteiger partial charge in [-0.15, -0.1) is 0 Å². The summed E-state index contributed by atoms with van der Waals surface area (Å²) in [5.41, 5.74) is 1.82. The maximum absolute atomic E-state index is 13.3. The molecule has 2 unspecified atom stereocenters. The largest absolute Gasteiger partial charge is 0.490 e. The molecular formula is C27H26N2O4. The predicted molar refractivity (Wildman–Crippen MR) is 127 cm³/mol. The Labute approximate surface area is 192 Å². The summed E-state index contributed by atoms with van der Waals surface area (Å²) in [4.78, 5) is 26.1. The van der Waals surface area contributed by atoms with Gasteiger partial charge in [-0.05, 0) is 43.7 Å². The van der Waals surface area contributed by atoms with Gasteiger partial charge in [-0.2, -0.15) is 0 Å². The van der Waals surface area contributed by atoms with E-state index in [-0.39, 0.29) is 11.8 Å². The zero-order valence-corrected chi connectivity index (χ0v) is 18.6. The molecule has 168 valence electrons. The van der Waals surface area contributed by atoms with Crippen molar-refractivity contribution in [3.8, 4) is 5.75 Å². The van der Waals surface area contributed by atoms with Crippen LogP contribution in [0.3, 0.4) is 0 Å². The Hall–Kier alpha value is -4.06. The van der Waals surface area contributed by atoms with Crippen molar-refractivity contribution in [2.24, 2.45) is 0 Å². The van der Waals surface area contributed by atoms with Crippen molar-refractivity contribution >= 4 is 22.8 Å². The molecular weight excluding hydrogens is 416 g/mol. The molecule has 2 atom stereocenters. The quantitative estimate of drug-likeness (QED) is 0.394. The van der Waals surface area contributed by atoms with Crippen LogP contribution in [-0.4, -0.2) is 18.4 Å². The van der Waals surface area contributed by atoms with Crippen LogP contribution in [0.4, 0.5) is 0 Å². The maximum Gasteiger partial charge on any atom is 0.252 e. The molecule has 2 amide bonds. The van der Waals surface area contributed by atoms with E-state index in [1.54, 1.807) is 24.3 Å². The molecule has 0 aliphatic carbocycles. The van der Waals surface area contributed by atoms with Gasteiger partial charge >= 0.3 is 0 Å². The minimum absolute atomic E-state index is 0.322. The monoisotopic (exact) mass is 442 g/mol. The van der Waals surface area contributed by atoms with Crippen LogP contribution in [0.1, 0.15) is 47.6 Å². The lowest BCUT2D eigenvalue weighted by atomic mass is 10.0. The minimum atomic E-state index is -0.857. The van der Waals surface area contributed by atoms with Crippen LogP contribution < -0.4 is 15.4 Å². The Morgan fingerprint density at radius 1 is 0.909 bits per heavy atom. The third kappa shape index (κ3) is 5.06. The van der Waals surface area contributed by atoms with Crippen molar-refractivity contribution in [1.82, 2.24) is 10.6 Å². The SMILES string of the molecule is CCOc1cccc2cc(C(C)NC(=O)C(NC(=O)c3ccccc3)c3ccccc3)oc12. The highest BCUT2D eigenvalue weighted by atomic mass is 16.5. The van der Waals surface area contributed by atoms with Crippen molar-refractivity contribution in [3.63, 3.8) is 0 Å². The molecule has 3 aromatic carbocycles. The molecule has 0 saturated heterocycles. The smallest absolute Gasteiger partial charge is 0.252 e. The summed E-state index contributed by atoms with van der Waals surface area (Å²) in [6, 6.07) is 24.3. The molecule has 33 heavy (non-hydrogen) atoms. The molecule has 1 aromatic heterocycles. The van der Waals surface area contributed by atoms with Crippen LogP contribution >= 0.6 is 0 Å². The predicted octanol–water partition coefficient (Wildman–Crippen LogP) is 5.18. The molecule has 0 fully saturated rings. The summed E-state index contributed by atoms with van der Waals surface area (Å²) in [6.07, 6.45) is 0. The van der Waals surface area contributed by atoms with Crippen molar-refractivity contribution in [3.05, 3.63) is 102 Å². The molecule has 0 aliphatic rings. The van der Waals surface area contributed by atoms with E-state index in [1.807, 2.05) is 74.5 Å². The second kappa shape index (κ2) is 10.0. The second-order valence-electron chi connectivity index (χ2n) is 7.67. The fourth-order valence-electron chi connectivity index (χ4n) is 3.66. The van der Waals surface area contributed by atoms with Crippen LogP contribution in [0.2, 0.25) is 0 Å². The van der Waals surface area contributed by atoms with Gasteiger partial charge in [0, 0.05) is 10.9 Å². The number of fused-ring (bicyclic) bond motifs is 1. The van der Waals surface area contributed by atoms with E-state index in [2.05, 4.69) is 10.6 Å². The molecule has 1 heterocycles. The van der Waals surface area contributed by atoms with Gasteiger partial charge in [-0.25, -0.2) is 0 Å². The molecule has 4 aromatic rings. The number of nitrogens with one attached hydrogen (secondary N) is 2. The number of para-hydroxylation sites is 1. The highest BCUT2D eigenvalue weighted by Gasteiger charge is 2.26. The number of benzene rings is 3. The molecule has 4 rings (SSSR count). The van der Waals surface area contributed by atoms with Gasteiger partial charge in [0.1, 0.15) is 11.8 Å². The summed E-state index contributed by atoms with van der Waals surface area (Å²) in [6.45, 7) is 4.29. The van der Waals surface area contributed by atoms with Gasteiger partial charge in [0.05, 0.1) is 12.6 Å². The van der Waals surface area contributed by atoms with E-state index in [4.69, 9.17) is 9.15 Å². The molecule has 0 bridgehead atoms. The average molecular weight is 443 g/mol. The van der Waals surface area contributed by atoms with Crippen molar-refractivity contribution in [2.45, 2.75) is 25.9 Å². The normalized spacial score (nSPS) is 12.7. The maximum atomic E-state index is 13.3. The Balaban J connectivity index is 1.56. The number of amides is 2. The first-order valence-corrected chi connectivity index (χ1v) is 10.9. The molecule has 0 aliphatic heterocycles. The van der Waals surface area contributed by atoms with Crippen LogP contribution in [0.25, 0.3) is 11.0 Å². The zero-order valence-electron chi connectivity index (χ0n) is 18.6. The zero-order chi connectivity index (χ0) is 23.2. The summed E-state index contributed by atoms with van der Waals surface area (Å²) >= 11 is 0. The van der Waals surface area contributed by atoms with Crippen molar-refractivity contribution < 1.29 is 18.7 Å². The van der Waals surface area contributed by atoms with Gasteiger partial charge in [0.15, 0.2) is 11.3 Å². The van der Waals surface area contributed by atoms with Gasteiger partial charge in [-0.3, -0.25) is 9.59 Å². The van der Waals surface area contributed by atoms with Crippen LogP contribution in [0, 0.1) is 0 Å². The van der Waals surface area contributed by atoms with E-state index < -0.39 is 12.1 Å². The van der Waals surface area contributed by atoms with Gasteiger partial charge in [-0.1, -0.05) is 60.7 Å². The molecule has 2 N–H and O–H groups in total. The number of rotatable bonds is 8. The summed E-state index contributed by atoms with van der Waals surface area (Å²) < 4.78 is 11.7. The van der Waals surface area contributed by atoms with E-state index in [0.717, 1.165) is 5.39 Å². The average Bonchev–Trinajstić information content (AvgIpc) is 3.29.